The first-order chi connectivity index (χ1) is 14.8. The number of furan rings is 1. The van der Waals surface area contributed by atoms with Crippen LogP contribution >= 0.6 is 0 Å². The summed E-state index contributed by atoms with van der Waals surface area (Å²) in [4.78, 5) is 14.9. The van der Waals surface area contributed by atoms with E-state index in [1.807, 2.05) is 0 Å². The predicted octanol–water partition coefficient (Wildman–Crippen LogP) is 3.33. The summed E-state index contributed by atoms with van der Waals surface area (Å²) in [7, 11) is -3.70. The Morgan fingerprint density at radius 1 is 1.23 bits per heavy atom. The molecular formula is C22H27FN2O5S. The lowest BCUT2D eigenvalue weighted by atomic mass is 10.1. The van der Waals surface area contributed by atoms with Gasteiger partial charge in [-0.25, -0.2) is 12.8 Å². The van der Waals surface area contributed by atoms with E-state index in [0.717, 1.165) is 25.7 Å². The van der Waals surface area contributed by atoms with Gasteiger partial charge in [-0.1, -0.05) is 12.1 Å². The van der Waals surface area contributed by atoms with E-state index in [1.54, 1.807) is 19.1 Å². The quantitative estimate of drug-likeness (QED) is 0.647. The summed E-state index contributed by atoms with van der Waals surface area (Å²) < 4.78 is 52.3. The molecule has 2 fully saturated rings. The fourth-order valence-corrected chi connectivity index (χ4v) is 5.84. The number of rotatable bonds is 7. The fourth-order valence-electron chi connectivity index (χ4n) is 4.16. The zero-order valence-electron chi connectivity index (χ0n) is 17.5. The van der Waals surface area contributed by atoms with Gasteiger partial charge < -0.3 is 14.1 Å². The Labute approximate surface area is 181 Å². The Bertz CT molecular complexity index is 1040. The normalized spacial score (nSPS) is 19.7. The van der Waals surface area contributed by atoms with Gasteiger partial charge in [-0.2, -0.15) is 4.31 Å². The Kier molecular flexibility index (Phi) is 6.45. The molecule has 168 valence electrons. The molecule has 2 aliphatic rings. The fraction of sp³-hybridized carbons (Fsp3) is 0.500. The van der Waals surface area contributed by atoms with Crippen LogP contribution in [-0.2, 0) is 21.3 Å². The van der Waals surface area contributed by atoms with Crippen LogP contribution in [0.1, 0.15) is 47.6 Å². The minimum Gasteiger partial charge on any atom is -0.455 e. The number of hydrogen-bond acceptors (Lipinski definition) is 5. The molecule has 2 aromatic rings. The second kappa shape index (κ2) is 9.10. The molecule has 0 N–H and O–H groups in total. The van der Waals surface area contributed by atoms with Gasteiger partial charge in [-0.3, -0.25) is 4.79 Å². The molecule has 1 aromatic carbocycles. The highest BCUT2D eigenvalue weighted by molar-refractivity contribution is 7.89. The lowest BCUT2D eigenvalue weighted by Crippen LogP contribution is -2.36. The number of nitrogens with zero attached hydrogens (tertiary/aromatic N) is 2. The predicted molar refractivity (Wildman–Crippen MR) is 112 cm³/mol. The average molecular weight is 451 g/mol. The molecule has 1 amide bonds. The molecule has 3 heterocycles. The number of hydrogen-bond donors (Lipinski definition) is 0. The van der Waals surface area contributed by atoms with Crippen LogP contribution in [-0.4, -0.2) is 55.9 Å². The lowest BCUT2D eigenvalue weighted by molar-refractivity contribution is 0.0483. The third kappa shape index (κ3) is 4.83. The summed E-state index contributed by atoms with van der Waals surface area (Å²) >= 11 is 0. The molecule has 0 aliphatic carbocycles. The number of carbonyl (C=O) groups excluding carboxylic acids is 1. The highest BCUT2D eigenvalue weighted by Gasteiger charge is 2.33. The van der Waals surface area contributed by atoms with Gasteiger partial charge >= 0.3 is 0 Å². The van der Waals surface area contributed by atoms with Crippen molar-refractivity contribution in [1.29, 1.82) is 0 Å². The molecule has 31 heavy (non-hydrogen) atoms. The largest absolute Gasteiger partial charge is 0.455 e. The van der Waals surface area contributed by atoms with Crippen molar-refractivity contribution in [3.8, 4) is 0 Å². The molecule has 2 aliphatic heterocycles. The van der Waals surface area contributed by atoms with Crippen molar-refractivity contribution in [3.05, 3.63) is 53.2 Å². The first-order valence-corrected chi connectivity index (χ1v) is 12.0. The molecule has 2 saturated heterocycles. The van der Waals surface area contributed by atoms with Gasteiger partial charge in [-0.05, 0) is 50.3 Å². The summed E-state index contributed by atoms with van der Waals surface area (Å²) in [5, 5.41) is 0. The molecule has 9 heteroatoms. The van der Waals surface area contributed by atoms with E-state index >= 15 is 0 Å². The SMILES string of the molecule is Cc1oc(C(=O)N(Cc2cccc(F)c2)CC2CCCO2)cc1S(=O)(=O)N1CCCC1. The van der Waals surface area contributed by atoms with Crippen molar-refractivity contribution in [2.45, 2.75) is 50.2 Å². The maximum Gasteiger partial charge on any atom is 0.290 e. The van der Waals surface area contributed by atoms with Crippen LogP contribution in [0.3, 0.4) is 0 Å². The van der Waals surface area contributed by atoms with Crippen LogP contribution in [0, 0.1) is 12.7 Å². The molecule has 0 spiro atoms. The van der Waals surface area contributed by atoms with E-state index in [1.165, 1.54) is 27.4 Å². The van der Waals surface area contributed by atoms with Gasteiger partial charge in [0.1, 0.15) is 16.5 Å². The van der Waals surface area contributed by atoms with E-state index in [-0.39, 0.29) is 34.9 Å². The third-order valence-electron chi connectivity index (χ3n) is 5.76. The molecule has 0 bridgehead atoms. The van der Waals surface area contributed by atoms with Crippen molar-refractivity contribution >= 4 is 15.9 Å². The van der Waals surface area contributed by atoms with Gasteiger partial charge in [0.25, 0.3) is 5.91 Å². The number of benzene rings is 1. The first-order valence-electron chi connectivity index (χ1n) is 10.6. The minimum atomic E-state index is -3.70. The molecule has 0 radical (unpaired) electrons. The monoisotopic (exact) mass is 450 g/mol. The molecule has 1 atom stereocenters. The van der Waals surface area contributed by atoms with Crippen LogP contribution in [0.4, 0.5) is 4.39 Å². The molecule has 1 unspecified atom stereocenters. The second-order valence-corrected chi connectivity index (χ2v) is 10.00. The highest BCUT2D eigenvalue weighted by atomic mass is 32.2. The summed E-state index contributed by atoms with van der Waals surface area (Å²) in [5.74, 6) is -0.664. The van der Waals surface area contributed by atoms with Gasteiger partial charge in [0.2, 0.25) is 10.0 Å². The van der Waals surface area contributed by atoms with Gasteiger partial charge in [0, 0.05) is 38.9 Å². The maximum atomic E-state index is 13.7. The van der Waals surface area contributed by atoms with Crippen LogP contribution in [0.15, 0.2) is 39.6 Å². The van der Waals surface area contributed by atoms with E-state index in [2.05, 4.69) is 0 Å². The third-order valence-corrected chi connectivity index (χ3v) is 7.77. The number of amides is 1. The lowest BCUT2D eigenvalue weighted by Gasteiger charge is -2.24. The van der Waals surface area contributed by atoms with Crippen molar-refractivity contribution in [3.63, 3.8) is 0 Å². The Morgan fingerprint density at radius 2 is 2.00 bits per heavy atom. The second-order valence-electron chi connectivity index (χ2n) is 8.09. The van der Waals surface area contributed by atoms with Crippen LogP contribution in [0.5, 0.6) is 0 Å². The number of aryl methyl sites for hydroxylation is 1. The topological polar surface area (TPSA) is 80.1 Å². The molecule has 0 saturated carbocycles. The number of sulfonamides is 1. The smallest absolute Gasteiger partial charge is 0.290 e. The van der Waals surface area contributed by atoms with Crippen molar-refractivity contribution < 1.29 is 26.8 Å². The first kappa shape index (κ1) is 22.0. The van der Waals surface area contributed by atoms with Gasteiger partial charge in [-0.15, -0.1) is 0 Å². The Balaban J connectivity index is 1.60. The molecule has 1 aromatic heterocycles. The van der Waals surface area contributed by atoms with Gasteiger partial charge in [0.15, 0.2) is 5.76 Å². The summed E-state index contributed by atoms with van der Waals surface area (Å²) in [6, 6.07) is 7.39. The summed E-state index contributed by atoms with van der Waals surface area (Å²) in [6.07, 6.45) is 3.29. The van der Waals surface area contributed by atoms with Crippen molar-refractivity contribution in [2.24, 2.45) is 0 Å². The molecular weight excluding hydrogens is 423 g/mol. The standard InChI is InChI=1S/C22H27FN2O5S/c1-16-21(31(27,28)25-9-2-3-10-25)13-20(30-16)22(26)24(15-19-8-5-11-29-19)14-17-6-4-7-18(23)12-17/h4,6-7,12-13,19H,2-3,5,8-11,14-15H2,1H3. The van der Waals surface area contributed by atoms with E-state index in [4.69, 9.17) is 9.15 Å². The summed E-state index contributed by atoms with van der Waals surface area (Å²) in [6.45, 7) is 3.64. The molecule has 7 nitrogen and oxygen atoms in total. The number of ether oxygens (including phenoxy) is 1. The van der Waals surface area contributed by atoms with Crippen LogP contribution < -0.4 is 0 Å². The van der Waals surface area contributed by atoms with Crippen molar-refractivity contribution in [2.75, 3.05) is 26.2 Å². The van der Waals surface area contributed by atoms with E-state index in [0.29, 0.717) is 31.8 Å². The number of halogens is 1. The van der Waals surface area contributed by atoms with Crippen LogP contribution in [0.25, 0.3) is 0 Å². The number of carbonyl (C=O) groups is 1. The Hall–Kier alpha value is -2.23. The van der Waals surface area contributed by atoms with Crippen LogP contribution in [0.2, 0.25) is 0 Å². The highest BCUT2D eigenvalue weighted by Crippen LogP contribution is 2.27. The zero-order chi connectivity index (χ0) is 22.0. The maximum absolute atomic E-state index is 13.7. The van der Waals surface area contributed by atoms with E-state index < -0.39 is 15.9 Å². The molecule has 4 rings (SSSR count). The minimum absolute atomic E-state index is 0.0283. The van der Waals surface area contributed by atoms with Gasteiger partial charge in [0.05, 0.1) is 6.10 Å². The van der Waals surface area contributed by atoms with E-state index in [9.17, 15) is 17.6 Å². The Morgan fingerprint density at radius 3 is 2.68 bits per heavy atom. The average Bonchev–Trinajstić information content (AvgIpc) is 3.49. The summed E-state index contributed by atoms with van der Waals surface area (Å²) in [5.41, 5.74) is 0.638. The van der Waals surface area contributed by atoms with Crippen molar-refractivity contribution in [1.82, 2.24) is 9.21 Å². The zero-order valence-corrected chi connectivity index (χ0v) is 18.4.